The summed E-state index contributed by atoms with van der Waals surface area (Å²) in [5, 5.41) is 10.2. The van der Waals surface area contributed by atoms with E-state index in [-0.39, 0.29) is 12.0 Å². The van der Waals surface area contributed by atoms with Crippen LogP contribution in [-0.2, 0) is 11.2 Å². The lowest BCUT2D eigenvalue weighted by atomic mass is 9.98. The highest BCUT2D eigenvalue weighted by Crippen LogP contribution is 2.24. The number of rotatable bonds is 5. The number of aliphatic hydroxyl groups excluding tert-OH is 1. The minimum absolute atomic E-state index is 0.0551. The quantitative estimate of drug-likeness (QED) is 0.909. The zero-order chi connectivity index (χ0) is 14.5. The lowest BCUT2D eigenvalue weighted by molar-refractivity contribution is -0.0132. The molecule has 2 rings (SSSR count). The summed E-state index contributed by atoms with van der Waals surface area (Å²) in [6.45, 7) is 0. The smallest absolute Gasteiger partial charge is 0.129 e. The van der Waals surface area contributed by atoms with Gasteiger partial charge < -0.3 is 9.84 Å². The molecule has 0 saturated carbocycles. The van der Waals surface area contributed by atoms with Crippen LogP contribution in [0.15, 0.2) is 48.5 Å². The monoisotopic (exact) mass is 278 g/mol. The largest absolute Gasteiger partial charge is 0.390 e. The van der Waals surface area contributed by atoms with E-state index >= 15 is 0 Å². The van der Waals surface area contributed by atoms with Gasteiger partial charge in [0, 0.05) is 19.6 Å². The second-order valence-electron chi connectivity index (χ2n) is 4.57. The van der Waals surface area contributed by atoms with Crippen LogP contribution in [0.3, 0.4) is 0 Å². The third-order valence-corrected chi connectivity index (χ3v) is 3.18. The minimum Gasteiger partial charge on any atom is -0.390 e. The van der Waals surface area contributed by atoms with Gasteiger partial charge in [0.2, 0.25) is 0 Å². The van der Waals surface area contributed by atoms with Crippen LogP contribution in [0.2, 0.25) is 0 Å². The maximum Gasteiger partial charge on any atom is 0.129 e. The highest BCUT2D eigenvalue weighted by atomic mass is 19.1. The molecule has 0 amide bonds. The lowest BCUT2D eigenvalue weighted by Crippen LogP contribution is -2.23. The van der Waals surface area contributed by atoms with Crippen molar-refractivity contribution in [3.05, 3.63) is 71.3 Å². The maximum absolute atomic E-state index is 13.6. The molecule has 0 heterocycles. The van der Waals surface area contributed by atoms with Crippen molar-refractivity contribution in [1.82, 2.24) is 0 Å². The Balaban J connectivity index is 2.15. The van der Waals surface area contributed by atoms with Gasteiger partial charge in [-0.15, -0.1) is 0 Å². The van der Waals surface area contributed by atoms with E-state index in [4.69, 9.17) is 4.74 Å². The average molecular weight is 278 g/mol. The molecule has 1 N–H and O–H groups in total. The Morgan fingerprint density at radius 1 is 1.10 bits per heavy atom. The molecule has 0 aliphatic carbocycles. The first-order valence-electron chi connectivity index (χ1n) is 6.31. The third kappa shape index (κ3) is 3.40. The fraction of sp³-hybridized carbons (Fsp3) is 0.250. The summed E-state index contributed by atoms with van der Waals surface area (Å²) in [7, 11) is 1.49. The molecule has 2 nitrogen and oxygen atoms in total. The van der Waals surface area contributed by atoms with Gasteiger partial charge in [-0.2, -0.15) is 0 Å². The standard InChI is InChI=1S/C16H16F2O2/c1-20-16(11-5-3-2-4-6-11)15(19)9-12-7-8-13(17)10-14(12)18/h2-8,10,15-16,19H,9H2,1H3. The first-order chi connectivity index (χ1) is 9.61. The molecule has 2 atom stereocenters. The molecule has 106 valence electrons. The topological polar surface area (TPSA) is 29.5 Å². The summed E-state index contributed by atoms with van der Waals surface area (Å²) in [5.41, 5.74) is 1.07. The van der Waals surface area contributed by atoms with Crippen LogP contribution in [0.1, 0.15) is 17.2 Å². The number of halogens is 2. The summed E-state index contributed by atoms with van der Waals surface area (Å²) in [5.74, 6) is -1.29. The van der Waals surface area contributed by atoms with E-state index in [0.717, 1.165) is 11.6 Å². The number of benzene rings is 2. The summed E-state index contributed by atoms with van der Waals surface area (Å²) >= 11 is 0. The molecular formula is C16H16F2O2. The number of methoxy groups -OCH3 is 1. The van der Waals surface area contributed by atoms with Gasteiger partial charge in [-0.1, -0.05) is 36.4 Å². The fourth-order valence-electron chi connectivity index (χ4n) is 2.18. The number of hydrogen-bond acceptors (Lipinski definition) is 2. The van der Waals surface area contributed by atoms with Crippen molar-refractivity contribution in [2.24, 2.45) is 0 Å². The van der Waals surface area contributed by atoms with Crippen LogP contribution in [0.25, 0.3) is 0 Å². The van der Waals surface area contributed by atoms with E-state index in [1.54, 1.807) is 0 Å². The second-order valence-corrected chi connectivity index (χ2v) is 4.57. The molecule has 2 aromatic rings. The molecule has 20 heavy (non-hydrogen) atoms. The van der Waals surface area contributed by atoms with Gasteiger partial charge in [-0.3, -0.25) is 0 Å². The molecule has 0 fully saturated rings. The Kier molecular flexibility index (Phi) is 4.82. The van der Waals surface area contributed by atoms with Crippen LogP contribution in [0.4, 0.5) is 8.78 Å². The Hall–Kier alpha value is -1.78. The van der Waals surface area contributed by atoms with Crippen molar-refractivity contribution in [3.8, 4) is 0 Å². The van der Waals surface area contributed by atoms with Crippen LogP contribution >= 0.6 is 0 Å². The van der Waals surface area contributed by atoms with Crippen molar-refractivity contribution in [2.75, 3.05) is 7.11 Å². The average Bonchev–Trinajstić information content (AvgIpc) is 2.44. The fourth-order valence-corrected chi connectivity index (χ4v) is 2.18. The summed E-state index contributed by atoms with van der Waals surface area (Å²) in [6.07, 6.45) is -1.41. The molecule has 4 heteroatoms. The zero-order valence-corrected chi connectivity index (χ0v) is 11.1. The van der Waals surface area contributed by atoms with Gasteiger partial charge >= 0.3 is 0 Å². The predicted octanol–water partition coefficient (Wildman–Crippen LogP) is 3.26. The third-order valence-electron chi connectivity index (χ3n) is 3.18. The molecule has 0 aliphatic rings. The summed E-state index contributed by atoms with van der Waals surface area (Å²) in [4.78, 5) is 0. The molecule has 2 aromatic carbocycles. The van der Waals surface area contributed by atoms with E-state index in [9.17, 15) is 13.9 Å². The Bertz CT molecular complexity index is 558. The van der Waals surface area contributed by atoms with Crippen LogP contribution < -0.4 is 0 Å². The SMILES string of the molecule is COC(c1ccccc1)C(O)Cc1ccc(F)cc1F. The molecule has 0 aromatic heterocycles. The maximum atomic E-state index is 13.6. The molecule has 0 bridgehead atoms. The Morgan fingerprint density at radius 3 is 2.40 bits per heavy atom. The number of ether oxygens (including phenoxy) is 1. The normalized spacial score (nSPS) is 14.0. The molecule has 0 spiro atoms. The van der Waals surface area contributed by atoms with Crippen LogP contribution in [0.5, 0.6) is 0 Å². The molecule has 0 aliphatic heterocycles. The Labute approximate surface area is 116 Å². The van der Waals surface area contributed by atoms with E-state index in [1.165, 1.54) is 19.2 Å². The van der Waals surface area contributed by atoms with Gasteiger partial charge in [-0.25, -0.2) is 8.78 Å². The highest BCUT2D eigenvalue weighted by molar-refractivity contribution is 5.22. The number of aliphatic hydroxyl groups is 1. The minimum atomic E-state index is -0.914. The van der Waals surface area contributed by atoms with Crippen molar-refractivity contribution in [1.29, 1.82) is 0 Å². The molecule has 0 saturated heterocycles. The van der Waals surface area contributed by atoms with Gasteiger partial charge in [0.1, 0.15) is 17.7 Å². The second kappa shape index (κ2) is 6.59. The van der Waals surface area contributed by atoms with E-state index < -0.39 is 23.8 Å². The van der Waals surface area contributed by atoms with Gasteiger partial charge in [-0.05, 0) is 17.2 Å². The number of hydrogen-bond donors (Lipinski definition) is 1. The van der Waals surface area contributed by atoms with E-state index in [2.05, 4.69) is 0 Å². The molecule has 0 radical (unpaired) electrons. The van der Waals surface area contributed by atoms with Gasteiger partial charge in [0.25, 0.3) is 0 Å². The molecule has 2 unspecified atom stereocenters. The molecular weight excluding hydrogens is 262 g/mol. The van der Waals surface area contributed by atoms with Gasteiger partial charge in [0.05, 0.1) is 6.10 Å². The summed E-state index contributed by atoms with van der Waals surface area (Å²) in [6, 6.07) is 12.5. The highest BCUT2D eigenvalue weighted by Gasteiger charge is 2.22. The first kappa shape index (κ1) is 14.6. The summed E-state index contributed by atoms with van der Waals surface area (Å²) < 4.78 is 31.7. The van der Waals surface area contributed by atoms with Crippen molar-refractivity contribution in [2.45, 2.75) is 18.6 Å². The van der Waals surface area contributed by atoms with Crippen molar-refractivity contribution < 1.29 is 18.6 Å². The zero-order valence-electron chi connectivity index (χ0n) is 11.1. The van der Waals surface area contributed by atoms with Crippen LogP contribution in [-0.4, -0.2) is 18.3 Å². The van der Waals surface area contributed by atoms with E-state index in [0.29, 0.717) is 0 Å². The van der Waals surface area contributed by atoms with Crippen molar-refractivity contribution in [3.63, 3.8) is 0 Å². The van der Waals surface area contributed by atoms with Gasteiger partial charge in [0.15, 0.2) is 0 Å². The van der Waals surface area contributed by atoms with Crippen molar-refractivity contribution >= 4 is 0 Å². The first-order valence-corrected chi connectivity index (χ1v) is 6.31. The van der Waals surface area contributed by atoms with Crippen LogP contribution in [0, 0.1) is 11.6 Å². The lowest BCUT2D eigenvalue weighted by Gasteiger charge is -2.22. The predicted molar refractivity (Wildman–Crippen MR) is 72.3 cm³/mol. The Morgan fingerprint density at radius 2 is 1.80 bits per heavy atom. The van der Waals surface area contributed by atoms with E-state index in [1.807, 2.05) is 30.3 Å².